The van der Waals surface area contributed by atoms with Crippen LogP contribution in [0.25, 0.3) is 11.3 Å². The Balaban J connectivity index is 1.45. The first-order chi connectivity index (χ1) is 16.2. The maximum atomic E-state index is 12.8. The SMILES string of the molecule is CC(C)(C)OC(=O)N1C[C@H](NC(=O)c2ncc(-c3cccc(C#N)c3)o2)C[C@H]1Cn1cnnc1. The minimum absolute atomic E-state index is 0.0940. The molecular weight excluding hydrogens is 438 g/mol. The Morgan fingerprint density at radius 2 is 2.06 bits per heavy atom. The maximum Gasteiger partial charge on any atom is 0.410 e. The van der Waals surface area contributed by atoms with Crippen molar-refractivity contribution in [3.63, 3.8) is 0 Å². The number of rotatable bonds is 5. The quantitative estimate of drug-likeness (QED) is 0.609. The standard InChI is InChI=1S/C23H25N7O4/c1-23(2,3)34-22(32)30-11-17(8-18(30)12-29-13-26-27-14-29)28-20(31)21-25-10-19(33-21)16-6-4-5-15(7-16)9-24/h4-7,10,13-14,17-18H,8,11-12H2,1-3H3,(H,28,31)/t17-,18+/m1/s1. The lowest BCUT2D eigenvalue weighted by molar-refractivity contribution is 0.0210. The van der Waals surface area contributed by atoms with Gasteiger partial charge in [-0.1, -0.05) is 12.1 Å². The number of amides is 2. The summed E-state index contributed by atoms with van der Waals surface area (Å²) in [5.41, 5.74) is 0.487. The van der Waals surface area contributed by atoms with E-state index in [1.54, 1.807) is 46.4 Å². The van der Waals surface area contributed by atoms with E-state index in [1.807, 2.05) is 20.8 Å². The van der Waals surface area contributed by atoms with Gasteiger partial charge in [0.2, 0.25) is 0 Å². The molecule has 1 fully saturated rings. The molecule has 3 aromatic rings. The van der Waals surface area contributed by atoms with Crippen molar-refractivity contribution in [3.05, 3.63) is 54.6 Å². The molecule has 176 valence electrons. The van der Waals surface area contributed by atoms with Crippen LogP contribution in [-0.2, 0) is 11.3 Å². The number of ether oxygens (including phenoxy) is 1. The third-order valence-corrected chi connectivity index (χ3v) is 5.24. The summed E-state index contributed by atoms with van der Waals surface area (Å²) in [5, 5.41) is 19.6. The first-order valence-electron chi connectivity index (χ1n) is 10.8. The summed E-state index contributed by atoms with van der Waals surface area (Å²) in [7, 11) is 0. The van der Waals surface area contributed by atoms with E-state index in [-0.39, 0.29) is 24.5 Å². The molecule has 1 aliphatic rings. The summed E-state index contributed by atoms with van der Waals surface area (Å²) in [6.07, 6.45) is 4.67. The van der Waals surface area contributed by atoms with Crippen molar-refractivity contribution in [1.29, 1.82) is 5.26 Å². The highest BCUT2D eigenvalue weighted by molar-refractivity contribution is 5.90. The average molecular weight is 463 g/mol. The molecule has 1 N–H and O–H groups in total. The fourth-order valence-corrected chi connectivity index (χ4v) is 3.80. The zero-order valence-corrected chi connectivity index (χ0v) is 19.1. The molecular formula is C23H25N7O4. The fourth-order valence-electron chi connectivity index (χ4n) is 3.80. The van der Waals surface area contributed by atoms with E-state index in [9.17, 15) is 9.59 Å². The van der Waals surface area contributed by atoms with E-state index < -0.39 is 17.6 Å². The summed E-state index contributed by atoms with van der Waals surface area (Å²) < 4.78 is 13.0. The van der Waals surface area contributed by atoms with Crippen LogP contribution in [0.5, 0.6) is 0 Å². The van der Waals surface area contributed by atoms with Gasteiger partial charge in [-0.05, 0) is 39.3 Å². The zero-order valence-electron chi connectivity index (χ0n) is 19.1. The van der Waals surface area contributed by atoms with Gasteiger partial charge in [0, 0.05) is 24.7 Å². The van der Waals surface area contributed by atoms with Crippen LogP contribution in [0.1, 0.15) is 43.4 Å². The molecule has 1 aromatic carbocycles. The Bertz CT molecular complexity index is 1210. The molecule has 0 radical (unpaired) electrons. The van der Waals surface area contributed by atoms with E-state index in [4.69, 9.17) is 14.4 Å². The van der Waals surface area contributed by atoms with Crippen LogP contribution in [0.3, 0.4) is 0 Å². The Kier molecular flexibility index (Phi) is 6.32. The molecule has 4 rings (SSSR count). The highest BCUT2D eigenvalue weighted by atomic mass is 16.6. The molecule has 1 aliphatic heterocycles. The molecule has 0 aliphatic carbocycles. The van der Waals surface area contributed by atoms with Crippen LogP contribution in [0, 0.1) is 11.3 Å². The average Bonchev–Trinajstić information content (AvgIpc) is 3.54. The van der Waals surface area contributed by atoms with E-state index in [1.165, 1.54) is 6.20 Å². The van der Waals surface area contributed by atoms with Crippen molar-refractivity contribution >= 4 is 12.0 Å². The van der Waals surface area contributed by atoms with Crippen molar-refractivity contribution in [2.45, 2.75) is 51.4 Å². The lowest BCUT2D eigenvalue weighted by Crippen LogP contribution is -2.42. The molecule has 0 unspecified atom stereocenters. The predicted octanol–water partition coefficient (Wildman–Crippen LogP) is 2.61. The molecule has 0 spiro atoms. The number of hydrogen-bond donors (Lipinski definition) is 1. The number of oxazole rings is 1. The summed E-state index contributed by atoms with van der Waals surface area (Å²) in [6, 6.07) is 8.38. The number of aromatic nitrogens is 4. The van der Waals surface area contributed by atoms with E-state index >= 15 is 0 Å². The maximum absolute atomic E-state index is 12.8. The molecule has 0 saturated carbocycles. The Hall–Kier alpha value is -4.20. The number of carbonyl (C=O) groups excluding carboxylic acids is 2. The zero-order chi connectivity index (χ0) is 24.3. The molecule has 2 aromatic heterocycles. The molecule has 34 heavy (non-hydrogen) atoms. The molecule has 1 saturated heterocycles. The lowest BCUT2D eigenvalue weighted by atomic mass is 10.1. The Labute approximate surface area is 196 Å². The van der Waals surface area contributed by atoms with Crippen LogP contribution < -0.4 is 5.32 Å². The summed E-state index contributed by atoms with van der Waals surface area (Å²) >= 11 is 0. The lowest BCUT2D eigenvalue weighted by Gasteiger charge is -2.28. The smallest absolute Gasteiger partial charge is 0.410 e. The second-order valence-electron chi connectivity index (χ2n) is 9.07. The first-order valence-corrected chi connectivity index (χ1v) is 10.8. The highest BCUT2D eigenvalue weighted by Crippen LogP contribution is 2.24. The van der Waals surface area contributed by atoms with E-state index in [0.29, 0.717) is 29.9 Å². The minimum Gasteiger partial charge on any atom is -0.444 e. The van der Waals surface area contributed by atoms with Crippen molar-refractivity contribution in [3.8, 4) is 17.4 Å². The van der Waals surface area contributed by atoms with Gasteiger partial charge in [-0.15, -0.1) is 10.2 Å². The molecule has 3 heterocycles. The summed E-state index contributed by atoms with van der Waals surface area (Å²) in [5.74, 6) is -0.195. The fraction of sp³-hybridized carbons (Fsp3) is 0.391. The Morgan fingerprint density at radius 3 is 2.76 bits per heavy atom. The minimum atomic E-state index is -0.642. The second-order valence-corrected chi connectivity index (χ2v) is 9.07. The van der Waals surface area contributed by atoms with Crippen molar-refractivity contribution in [2.24, 2.45) is 0 Å². The number of nitrogens with zero attached hydrogens (tertiary/aromatic N) is 6. The van der Waals surface area contributed by atoms with Gasteiger partial charge in [-0.2, -0.15) is 5.26 Å². The van der Waals surface area contributed by atoms with Gasteiger partial charge in [0.1, 0.15) is 18.3 Å². The molecule has 11 heteroatoms. The molecule has 0 bridgehead atoms. The largest absolute Gasteiger partial charge is 0.444 e. The van der Waals surface area contributed by atoms with Gasteiger partial charge in [0.05, 0.1) is 23.9 Å². The van der Waals surface area contributed by atoms with Crippen molar-refractivity contribution in [2.75, 3.05) is 6.54 Å². The van der Waals surface area contributed by atoms with Gasteiger partial charge >= 0.3 is 12.0 Å². The molecule has 2 amide bonds. The second kappa shape index (κ2) is 9.35. The number of benzene rings is 1. The van der Waals surface area contributed by atoms with Crippen LogP contribution in [0.4, 0.5) is 4.79 Å². The normalized spacial score (nSPS) is 17.9. The summed E-state index contributed by atoms with van der Waals surface area (Å²) in [6.45, 7) is 6.17. The van der Waals surface area contributed by atoms with Crippen LogP contribution in [0.2, 0.25) is 0 Å². The predicted molar refractivity (Wildman–Crippen MR) is 119 cm³/mol. The van der Waals surface area contributed by atoms with Crippen LogP contribution in [-0.4, -0.2) is 60.9 Å². The van der Waals surface area contributed by atoms with E-state index in [0.717, 1.165) is 0 Å². The number of hydrogen-bond acceptors (Lipinski definition) is 8. The van der Waals surface area contributed by atoms with Gasteiger partial charge in [0.25, 0.3) is 5.89 Å². The summed E-state index contributed by atoms with van der Waals surface area (Å²) in [4.78, 5) is 31.3. The monoisotopic (exact) mass is 463 g/mol. The van der Waals surface area contributed by atoms with Crippen LogP contribution in [0.15, 0.2) is 47.5 Å². The van der Waals surface area contributed by atoms with Crippen molar-refractivity contribution in [1.82, 2.24) is 30.0 Å². The van der Waals surface area contributed by atoms with Crippen LogP contribution >= 0.6 is 0 Å². The van der Waals surface area contributed by atoms with Gasteiger partial charge in [0.15, 0.2) is 5.76 Å². The topological polar surface area (TPSA) is 139 Å². The number of nitrogens with one attached hydrogen (secondary N) is 1. The number of nitriles is 1. The Morgan fingerprint density at radius 1 is 1.29 bits per heavy atom. The molecule has 11 nitrogen and oxygen atoms in total. The third kappa shape index (κ3) is 5.40. The number of carbonyl (C=O) groups is 2. The number of likely N-dealkylation sites (tertiary alicyclic amines) is 1. The first kappa shape index (κ1) is 23.0. The van der Waals surface area contributed by atoms with Gasteiger partial charge in [-0.3, -0.25) is 4.79 Å². The highest BCUT2D eigenvalue weighted by Gasteiger charge is 2.38. The third-order valence-electron chi connectivity index (χ3n) is 5.24. The van der Waals surface area contributed by atoms with Gasteiger partial charge < -0.3 is 23.9 Å². The van der Waals surface area contributed by atoms with Gasteiger partial charge in [-0.25, -0.2) is 9.78 Å². The van der Waals surface area contributed by atoms with Crippen molar-refractivity contribution < 1.29 is 18.7 Å². The molecule has 2 atom stereocenters. The van der Waals surface area contributed by atoms with E-state index in [2.05, 4.69) is 26.6 Å².